The standard InChI is InChI=1S/C29H40N2O5.2ClH/c1-5-30(6-2)17-9-11-21-23(29(34)35)14-16-26-27(21)22(12-10-18-31(7-3)8-4)24-19-20(28(32)33)13-15-25(24)36-26;;/h13-16,19,22H,5-12,17-18H2,1-4H3,(H,32,33)(H,34,35);2*1H. The zero-order valence-corrected chi connectivity index (χ0v) is 24.5. The minimum absolute atomic E-state index is 0. The first-order chi connectivity index (χ1) is 17.3. The third-order valence-corrected chi connectivity index (χ3v) is 7.41. The second kappa shape index (κ2) is 15.9. The predicted molar refractivity (Wildman–Crippen MR) is 156 cm³/mol. The van der Waals surface area contributed by atoms with Crippen LogP contribution in [-0.2, 0) is 6.42 Å². The number of nitrogens with zero attached hydrogens (tertiary/aromatic N) is 2. The molecule has 0 bridgehead atoms. The molecule has 7 nitrogen and oxygen atoms in total. The lowest BCUT2D eigenvalue weighted by Gasteiger charge is -2.32. The molecule has 212 valence electrons. The fourth-order valence-corrected chi connectivity index (χ4v) is 5.28. The average Bonchev–Trinajstić information content (AvgIpc) is 2.87. The number of ether oxygens (including phenoxy) is 1. The number of benzene rings is 2. The minimum Gasteiger partial charge on any atom is -0.478 e. The number of aromatic carboxylic acids is 2. The summed E-state index contributed by atoms with van der Waals surface area (Å²) >= 11 is 0. The van der Waals surface area contributed by atoms with Crippen LogP contribution in [-0.4, -0.2) is 71.2 Å². The van der Waals surface area contributed by atoms with Crippen molar-refractivity contribution in [2.45, 2.75) is 59.3 Å². The van der Waals surface area contributed by atoms with Gasteiger partial charge in [-0.15, -0.1) is 24.8 Å². The summed E-state index contributed by atoms with van der Waals surface area (Å²) in [7, 11) is 0. The van der Waals surface area contributed by atoms with E-state index in [1.165, 1.54) is 0 Å². The maximum Gasteiger partial charge on any atom is 0.335 e. The molecule has 0 fully saturated rings. The summed E-state index contributed by atoms with van der Waals surface area (Å²) in [5.41, 5.74) is 3.07. The Morgan fingerprint density at radius 1 is 0.816 bits per heavy atom. The lowest BCUT2D eigenvalue weighted by atomic mass is 9.79. The lowest BCUT2D eigenvalue weighted by molar-refractivity contribution is 0.0685. The molecule has 2 N–H and O–H groups in total. The fourth-order valence-electron chi connectivity index (χ4n) is 5.28. The van der Waals surface area contributed by atoms with E-state index in [1.54, 1.807) is 30.3 Å². The van der Waals surface area contributed by atoms with Crippen LogP contribution in [0.1, 0.15) is 90.3 Å². The molecule has 0 saturated carbocycles. The van der Waals surface area contributed by atoms with Crippen LogP contribution in [0.25, 0.3) is 0 Å². The number of hydrogen-bond acceptors (Lipinski definition) is 5. The molecular weight excluding hydrogens is 527 g/mol. The van der Waals surface area contributed by atoms with Gasteiger partial charge in [0.15, 0.2) is 0 Å². The number of carbonyl (C=O) groups is 2. The molecule has 0 aliphatic carbocycles. The second-order valence-corrected chi connectivity index (χ2v) is 9.32. The quantitative estimate of drug-likeness (QED) is 0.266. The molecule has 1 atom stereocenters. The summed E-state index contributed by atoms with van der Waals surface area (Å²) in [4.78, 5) is 28.7. The highest BCUT2D eigenvalue weighted by molar-refractivity contribution is 5.91. The zero-order valence-electron chi connectivity index (χ0n) is 22.9. The van der Waals surface area contributed by atoms with Gasteiger partial charge in [-0.2, -0.15) is 0 Å². The Bertz CT molecular complexity index is 1070. The van der Waals surface area contributed by atoms with Crippen LogP contribution in [0.15, 0.2) is 30.3 Å². The Morgan fingerprint density at radius 3 is 1.95 bits per heavy atom. The highest BCUT2D eigenvalue weighted by Crippen LogP contribution is 2.49. The zero-order chi connectivity index (χ0) is 26.2. The average molecular weight is 570 g/mol. The molecule has 9 heteroatoms. The van der Waals surface area contributed by atoms with E-state index in [0.717, 1.165) is 75.2 Å². The van der Waals surface area contributed by atoms with E-state index < -0.39 is 11.9 Å². The van der Waals surface area contributed by atoms with Crippen LogP contribution >= 0.6 is 24.8 Å². The van der Waals surface area contributed by atoms with Crippen LogP contribution in [0.4, 0.5) is 0 Å². The molecule has 0 aromatic heterocycles. The smallest absolute Gasteiger partial charge is 0.335 e. The van der Waals surface area contributed by atoms with Crippen molar-refractivity contribution in [1.29, 1.82) is 0 Å². The first-order valence-corrected chi connectivity index (χ1v) is 13.2. The Kier molecular flexibility index (Phi) is 14.1. The van der Waals surface area contributed by atoms with Gasteiger partial charge in [0.2, 0.25) is 0 Å². The Labute approximate surface area is 239 Å². The maximum absolute atomic E-state index is 12.3. The summed E-state index contributed by atoms with van der Waals surface area (Å²) in [5, 5.41) is 19.7. The molecule has 0 amide bonds. The number of carboxylic acids is 2. The fraction of sp³-hybridized carbons (Fsp3) is 0.517. The van der Waals surface area contributed by atoms with Gasteiger partial charge in [0.1, 0.15) is 11.5 Å². The molecule has 3 rings (SSSR count). The van der Waals surface area contributed by atoms with Crippen molar-refractivity contribution >= 4 is 36.8 Å². The topological polar surface area (TPSA) is 90.3 Å². The SMILES string of the molecule is CCN(CC)CCCc1c(C(=O)O)ccc2c1C(CCCN(CC)CC)c1cc(C(=O)O)ccc1O2.Cl.Cl. The third kappa shape index (κ3) is 7.85. The van der Waals surface area contributed by atoms with E-state index >= 15 is 0 Å². The molecule has 1 unspecified atom stereocenters. The van der Waals surface area contributed by atoms with Gasteiger partial charge < -0.3 is 24.7 Å². The first-order valence-electron chi connectivity index (χ1n) is 13.2. The third-order valence-electron chi connectivity index (χ3n) is 7.41. The Balaban J connectivity index is 0.00000361. The number of halogens is 2. The van der Waals surface area contributed by atoms with Crippen molar-refractivity contribution in [2.75, 3.05) is 39.3 Å². The summed E-state index contributed by atoms with van der Waals surface area (Å²) in [5.74, 6) is -0.716. The van der Waals surface area contributed by atoms with E-state index in [-0.39, 0.29) is 36.3 Å². The van der Waals surface area contributed by atoms with E-state index in [2.05, 4.69) is 37.5 Å². The van der Waals surface area contributed by atoms with Crippen LogP contribution in [0.3, 0.4) is 0 Å². The highest BCUT2D eigenvalue weighted by atomic mass is 35.5. The van der Waals surface area contributed by atoms with Crippen LogP contribution in [0, 0.1) is 0 Å². The van der Waals surface area contributed by atoms with Crippen molar-refractivity contribution in [3.8, 4) is 11.5 Å². The summed E-state index contributed by atoms with van der Waals surface area (Å²) < 4.78 is 6.25. The Morgan fingerprint density at radius 2 is 1.39 bits per heavy atom. The summed E-state index contributed by atoms with van der Waals surface area (Å²) in [6.45, 7) is 14.2. The number of carboxylic acid groups (broad SMARTS) is 2. The molecule has 0 spiro atoms. The Hall–Kier alpha value is -2.32. The highest BCUT2D eigenvalue weighted by Gasteiger charge is 2.32. The summed E-state index contributed by atoms with van der Waals surface area (Å²) in [6, 6.07) is 8.41. The van der Waals surface area contributed by atoms with Crippen molar-refractivity contribution in [3.63, 3.8) is 0 Å². The van der Waals surface area contributed by atoms with E-state index in [0.29, 0.717) is 23.5 Å². The first kappa shape index (κ1) is 33.7. The molecular formula is C29H42Cl2N2O5. The van der Waals surface area contributed by atoms with Crippen molar-refractivity contribution in [3.05, 3.63) is 58.1 Å². The predicted octanol–water partition coefficient (Wildman–Crippen LogP) is 6.56. The monoisotopic (exact) mass is 568 g/mol. The molecule has 0 saturated heterocycles. The minimum atomic E-state index is -0.982. The van der Waals surface area contributed by atoms with Gasteiger partial charge in [-0.25, -0.2) is 9.59 Å². The van der Waals surface area contributed by atoms with Gasteiger partial charge in [0.25, 0.3) is 0 Å². The van der Waals surface area contributed by atoms with Gasteiger partial charge in [-0.3, -0.25) is 0 Å². The number of fused-ring (bicyclic) bond motifs is 2. The van der Waals surface area contributed by atoms with E-state index in [4.69, 9.17) is 4.74 Å². The molecule has 2 aromatic carbocycles. The summed E-state index contributed by atoms with van der Waals surface area (Å²) in [6.07, 6.45) is 3.17. The van der Waals surface area contributed by atoms with Crippen molar-refractivity contribution in [2.24, 2.45) is 0 Å². The maximum atomic E-state index is 12.3. The van der Waals surface area contributed by atoms with Crippen LogP contribution < -0.4 is 4.74 Å². The molecule has 38 heavy (non-hydrogen) atoms. The molecule has 0 radical (unpaired) electrons. The van der Waals surface area contributed by atoms with Crippen molar-refractivity contribution < 1.29 is 24.5 Å². The largest absolute Gasteiger partial charge is 0.478 e. The number of hydrogen-bond donors (Lipinski definition) is 2. The van der Waals surface area contributed by atoms with Gasteiger partial charge >= 0.3 is 11.9 Å². The molecule has 1 heterocycles. The van der Waals surface area contributed by atoms with Crippen LogP contribution in [0.2, 0.25) is 0 Å². The second-order valence-electron chi connectivity index (χ2n) is 9.32. The van der Waals surface area contributed by atoms with Crippen LogP contribution in [0.5, 0.6) is 11.5 Å². The van der Waals surface area contributed by atoms with E-state index in [9.17, 15) is 19.8 Å². The van der Waals surface area contributed by atoms with Crippen molar-refractivity contribution in [1.82, 2.24) is 9.80 Å². The normalized spacial score (nSPS) is 13.7. The molecule has 1 aliphatic heterocycles. The number of rotatable bonds is 14. The molecule has 2 aromatic rings. The van der Waals surface area contributed by atoms with Gasteiger partial charge in [0.05, 0.1) is 11.1 Å². The van der Waals surface area contributed by atoms with E-state index in [1.807, 2.05) is 0 Å². The van der Waals surface area contributed by atoms with Gasteiger partial charge in [-0.1, -0.05) is 27.7 Å². The lowest BCUT2D eigenvalue weighted by Crippen LogP contribution is -2.25. The molecule has 1 aliphatic rings. The van der Waals surface area contributed by atoms with Gasteiger partial charge in [0, 0.05) is 17.0 Å². The van der Waals surface area contributed by atoms with Gasteiger partial charge in [-0.05, 0) is 101 Å².